The quantitative estimate of drug-likeness (QED) is 0.724. The molecule has 0 aliphatic carbocycles. The fourth-order valence-corrected chi connectivity index (χ4v) is 1.66. The number of hydrogen-bond donors (Lipinski definition) is 1. The first kappa shape index (κ1) is 9.62. The van der Waals surface area contributed by atoms with Gasteiger partial charge in [-0.25, -0.2) is 0 Å². The van der Waals surface area contributed by atoms with Crippen LogP contribution in [-0.2, 0) is 6.42 Å². The van der Waals surface area contributed by atoms with Gasteiger partial charge in [0.15, 0.2) is 0 Å². The molecular formula is C10H15NS. The highest BCUT2D eigenvalue weighted by Gasteiger charge is 1.97. The number of benzene rings is 1. The van der Waals surface area contributed by atoms with Crippen molar-refractivity contribution in [1.29, 1.82) is 0 Å². The first-order valence-corrected chi connectivity index (χ1v) is 5.33. The molecule has 0 saturated carbocycles. The van der Waals surface area contributed by atoms with Gasteiger partial charge < -0.3 is 5.73 Å². The van der Waals surface area contributed by atoms with Crippen molar-refractivity contribution in [1.82, 2.24) is 0 Å². The van der Waals surface area contributed by atoms with Gasteiger partial charge in [0.1, 0.15) is 0 Å². The Labute approximate surface area is 78.4 Å². The van der Waals surface area contributed by atoms with Crippen molar-refractivity contribution < 1.29 is 0 Å². The summed E-state index contributed by atoms with van der Waals surface area (Å²) in [5.74, 6) is 0. The lowest BCUT2D eigenvalue weighted by Crippen LogP contribution is -2.17. The summed E-state index contributed by atoms with van der Waals surface area (Å²) >= 11 is 1.77. The molecule has 0 heterocycles. The van der Waals surface area contributed by atoms with Gasteiger partial charge in [-0.1, -0.05) is 12.1 Å². The van der Waals surface area contributed by atoms with Gasteiger partial charge in [0, 0.05) is 10.9 Å². The van der Waals surface area contributed by atoms with Crippen molar-refractivity contribution >= 4 is 11.8 Å². The number of hydrogen-bond acceptors (Lipinski definition) is 2. The Kier molecular flexibility index (Phi) is 3.63. The molecule has 1 atom stereocenters. The molecule has 1 nitrogen and oxygen atoms in total. The van der Waals surface area contributed by atoms with Crippen LogP contribution in [0.4, 0.5) is 0 Å². The van der Waals surface area contributed by atoms with E-state index in [-0.39, 0.29) is 6.04 Å². The van der Waals surface area contributed by atoms with Crippen LogP contribution in [-0.4, -0.2) is 12.3 Å². The molecule has 1 rings (SSSR count). The van der Waals surface area contributed by atoms with E-state index in [4.69, 9.17) is 5.73 Å². The maximum atomic E-state index is 5.71. The fourth-order valence-electron chi connectivity index (χ4n) is 1.17. The first-order chi connectivity index (χ1) is 5.72. The van der Waals surface area contributed by atoms with Crippen LogP contribution < -0.4 is 5.73 Å². The minimum Gasteiger partial charge on any atom is -0.328 e. The van der Waals surface area contributed by atoms with E-state index in [1.54, 1.807) is 11.8 Å². The van der Waals surface area contributed by atoms with E-state index in [1.165, 1.54) is 10.5 Å². The predicted octanol–water partition coefficient (Wildman–Crippen LogP) is 2.30. The van der Waals surface area contributed by atoms with Gasteiger partial charge in [0.25, 0.3) is 0 Å². The lowest BCUT2D eigenvalue weighted by molar-refractivity contribution is 0.737. The van der Waals surface area contributed by atoms with Crippen molar-refractivity contribution in [3.05, 3.63) is 29.8 Å². The van der Waals surface area contributed by atoms with Gasteiger partial charge in [0.05, 0.1) is 0 Å². The third-order valence-electron chi connectivity index (χ3n) is 1.69. The topological polar surface area (TPSA) is 26.0 Å². The van der Waals surface area contributed by atoms with Crippen molar-refractivity contribution in [2.75, 3.05) is 6.26 Å². The van der Waals surface area contributed by atoms with Crippen LogP contribution in [0.2, 0.25) is 0 Å². The Hall–Kier alpha value is -0.470. The molecule has 0 saturated heterocycles. The average molecular weight is 181 g/mol. The van der Waals surface area contributed by atoms with E-state index in [2.05, 4.69) is 30.5 Å². The Bertz CT molecular complexity index is 245. The summed E-state index contributed by atoms with van der Waals surface area (Å²) < 4.78 is 0. The summed E-state index contributed by atoms with van der Waals surface area (Å²) in [4.78, 5) is 1.31. The second-order valence-corrected chi connectivity index (χ2v) is 3.91. The number of thioether (sulfide) groups is 1. The lowest BCUT2D eigenvalue weighted by atomic mass is 10.1. The van der Waals surface area contributed by atoms with E-state index in [0.29, 0.717) is 0 Å². The predicted molar refractivity (Wildman–Crippen MR) is 55.6 cm³/mol. The molecule has 2 heteroatoms. The Morgan fingerprint density at radius 1 is 1.50 bits per heavy atom. The highest BCUT2D eigenvalue weighted by atomic mass is 32.2. The van der Waals surface area contributed by atoms with Crippen LogP contribution in [0.15, 0.2) is 29.2 Å². The largest absolute Gasteiger partial charge is 0.328 e. The monoisotopic (exact) mass is 181 g/mol. The van der Waals surface area contributed by atoms with Crippen LogP contribution in [0.3, 0.4) is 0 Å². The highest BCUT2D eigenvalue weighted by Crippen LogP contribution is 2.16. The van der Waals surface area contributed by atoms with Gasteiger partial charge >= 0.3 is 0 Å². The second kappa shape index (κ2) is 4.53. The summed E-state index contributed by atoms with van der Waals surface area (Å²) in [6.07, 6.45) is 3.05. The average Bonchev–Trinajstić information content (AvgIpc) is 2.03. The Balaban J connectivity index is 2.72. The van der Waals surface area contributed by atoms with Crippen LogP contribution >= 0.6 is 11.8 Å². The van der Waals surface area contributed by atoms with Gasteiger partial charge in [-0.05, 0) is 37.3 Å². The Morgan fingerprint density at radius 2 is 2.25 bits per heavy atom. The van der Waals surface area contributed by atoms with Gasteiger partial charge in [-0.15, -0.1) is 11.8 Å². The van der Waals surface area contributed by atoms with Gasteiger partial charge in [-0.3, -0.25) is 0 Å². The Morgan fingerprint density at radius 3 is 2.83 bits per heavy atom. The fraction of sp³-hybridized carbons (Fsp3) is 0.400. The SMILES string of the molecule is CSc1cccc(C[C@H](C)N)c1. The molecule has 0 aliphatic heterocycles. The zero-order valence-corrected chi connectivity index (χ0v) is 8.40. The third-order valence-corrected chi connectivity index (χ3v) is 2.42. The van der Waals surface area contributed by atoms with Gasteiger partial charge in [0.2, 0.25) is 0 Å². The van der Waals surface area contributed by atoms with Crippen LogP contribution in [0.5, 0.6) is 0 Å². The maximum absolute atomic E-state index is 5.71. The zero-order chi connectivity index (χ0) is 8.97. The molecule has 66 valence electrons. The van der Waals surface area contributed by atoms with E-state index in [0.717, 1.165) is 6.42 Å². The van der Waals surface area contributed by atoms with Crippen molar-refractivity contribution in [2.45, 2.75) is 24.3 Å². The maximum Gasteiger partial charge on any atom is 0.00718 e. The molecule has 1 aromatic carbocycles. The van der Waals surface area contributed by atoms with Crippen molar-refractivity contribution in [2.24, 2.45) is 5.73 Å². The van der Waals surface area contributed by atoms with Crippen LogP contribution in [0.25, 0.3) is 0 Å². The molecule has 0 fully saturated rings. The molecule has 0 radical (unpaired) electrons. The lowest BCUT2D eigenvalue weighted by Gasteiger charge is -2.05. The van der Waals surface area contributed by atoms with Crippen molar-refractivity contribution in [3.8, 4) is 0 Å². The highest BCUT2D eigenvalue weighted by molar-refractivity contribution is 7.98. The molecule has 0 spiro atoms. The summed E-state index contributed by atoms with van der Waals surface area (Å²) in [5.41, 5.74) is 7.04. The molecule has 0 aliphatic rings. The molecule has 0 bridgehead atoms. The first-order valence-electron chi connectivity index (χ1n) is 4.11. The van der Waals surface area contributed by atoms with E-state index < -0.39 is 0 Å². The molecule has 0 unspecified atom stereocenters. The normalized spacial score (nSPS) is 12.9. The standard InChI is InChI=1S/C10H15NS/c1-8(11)6-9-4-3-5-10(7-9)12-2/h3-5,7-8H,6,11H2,1-2H3/t8-/m0/s1. The van der Waals surface area contributed by atoms with Crippen molar-refractivity contribution in [3.63, 3.8) is 0 Å². The molecule has 1 aromatic rings. The van der Waals surface area contributed by atoms with Crippen LogP contribution in [0.1, 0.15) is 12.5 Å². The molecule has 0 aromatic heterocycles. The summed E-state index contributed by atoms with van der Waals surface area (Å²) in [6.45, 7) is 2.03. The van der Waals surface area contributed by atoms with Gasteiger partial charge in [-0.2, -0.15) is 0 Å². The molecule has 0 amide bonds. The summed E-state index contributed by atoms with van der Waals surface area (Å²) in [7, 11) is 0. The summed E-state index contributed by atoms with van der Waals surface area (Å²) in [5, 5.41) is 0. The second-order valence-electron chi connectivity index (χ2n) is 3.03. The minimum atomic E-state index is 0.252. The summed E-state index contributed by atoms with van der Waals surface area (Å²) in [6, 6.07) is 8.79. The molecule has 12 heavy (non-hydrogen) atoms. The molecule has 2 N–H and O–H groups in total. The van der Waals surface area contributed by atoms with E-state index in [1.807, 2.05) is 6.92 Å². The zero-order valence-electron chi connectivity index (χ0n) is 7.58. The minimum absolute atomic E-state index is 0.252. The van der Waals surface area contributed by atoms with E-state index in [9.17, 15) is 0 Å². The smallest absolute Gasteiger partial charge is 0.00718 e. The van der Waals surface area contributed by atoms with E-state index >= 15 is 0 Å². The number of nitrogens with two attached hydrogens (primary N) is 1. The van der Waals surface area contributed by atoms with Crippen LogP contribution in [0, 0.1) is 0 Å². The third kappa shape index (κ3) is 2.88. The number of rotatable bonds is 3. The molecular weight excluding hydrogens is 166 g/mol.